The third-order valence-electron chi connectivity index (χ3n) is 1.76. The molecule has 0 saturated heterocycles. The van der Waals surface area contributed by atoms with Crippen molar-refractivity contribution in [3.8, 4) is 0 Å². The second-order valence-corrected chi connectivity index (χ2v) is 6.77. The maximum absolute atomic E-state index is 10.5. The summed E-state index contributed by atoms with van der Waals surface area (Å²) in [6.45, 7) is 15.0. The second kappa shape index (κ2) is 33.8. The molecule has 0 fully saturated rings. The number of carbonyl (C=O) groups is 1. The van der Waals surface area contributed by atoms with Crippen molar-refractivity contribution in [2.45, 2.75) is 92.8 Å². The van der Waals surface area contributed by atoms with Gasteiger partial charge in [0.1, 0.15) is 0 Å². The monoisotopic (exact) mass is 481 g/mol. The molecule has 1 aromatic rings. The second-order valence-electron chi connectivity index (χ2n) is 6.77. The minimum Gasteiger partial charge on any atom is -0.477 e. The van der Waals surface area contributed by atoms with Crippen LogP contribution in [0.25, 0.3) is 0 Å². The van der Waals surface area contributed by atoms with Gasteiger partial charge in [-0.05, 0) is 54.4 Å². The molecule has 0 amide bonds. The van der Waals surface area contributed by atoms with Crippen LogP contribution in [0.2, 0.25) is 0 Å². The van der Waals surface area contributed by atoms with Gasteiger partial charge in [-0.15, -0.1) is 0 Å². The first kappa shape index (κ1) is 40.6. The Kier molecular flexibility index (Phi) is 44.3. The first-order valence-electron chi connectivity index (χ1n) is 10.3. The van der Waals surface area contributed by atoms with Gasteiger partial charge in [-0.25, -0.2) is 4.79 Å². The molecule has 0 saturated carbocycles. The molecule has 0 aliphatic rings. The summed E-state index contributed by atoms with van der Waals surface area (Å²) in [4.78, 5) is 10.5. The Morgan fingerprint density at radius 1 is 0.774 bits per heavy atom. The molecule has 0 bridgehead atoms. The number of carboxylic acid groups (broad SMARTS) is 1. The van der Waals surface area contributed by atoms with E-state index in [0.29, 0.717) is 13.2 Å². The molecule has 1 rings (SSSR count). The smallest absolute Gasteiger partial charge is 0.361 e. The van der Waals surface area contributed by atoms with Crippen LogP contribution in [0.15, 0.2) is 30.3 Å². The van der Waals surface area contributed by atoms with Gasteiger partial charge in [-0.2, -0.15) is 36.4 Å². The molecule has 0 atom stereocenters. The van der Waals surface area contributed by atoms with E-state index in [0.717, 1.165) is 12.8 Å². The fraction of sp³-hybridized carbons (Fsp3) is 0.696. The van der Waals surface area contributed by atoms with E-state index in [1.807, 2.05) is 44.2 Å². The van der Waals surface area contributed by atoms with Gasteiger partial charge in [0, 0.05) is 40.0 Å². The van der Waals surface area contributed by atoms with Crippen LogP contribution >= 0.6 is 0 Å². The SMILES string of the molecule is CC(C)O.CC(C)O.CC(C)O.CCCOC(OCCC)C(=O)O.[Ti].[c-]1ccccc1. The minimum absolute atomic E-state index is 0. The van der Waals surface area contributed by atoms with Crippen molar-refractivity contribution in [3.63, 3.8) is 0 Å². The Balaban J connectivity index is -0.0000000999. The van der Waals surface area contributed by atoms with Gasteiger partial charge in [0.15, 0.2) is 0 Å². The van der Waals surface area contributed by atoms with Gasteiger partial charge in [-0.3, -0.25) is 0 Å². The standard InChI is InChI=1S/C8H16O4.C6H5.3C3H8O.Ti/c1-3-5-11-8(7(9)10)12-6-4-2;1-2-4-6-5-3-1;3*1-3(2)4;/h8H,3-6H2,1-2H3,(H,9,10);1-5H;3*3-4H,1-2H3;/q;-1;;;;. The van der Waals surface area contributed by atoms with Crippen LogP contribution in [0.3, 0.4) is 0 Å². The molecule has 8 heteroatoms. The Hall–Kier alpha value is -0.796. The molecular formula is C23H45O7Ti-. The Morgan fingerprint density at radius 2 is 1.06 bits per heavy atom. The van der Waals surface area contributed by atoms with Crippen molar-refractivity contribution in [1.29, 1.82) is 0 Å². The molecule has 184 valence electrons. The zero-order valence-corrected chi connectivity index (χ0v) is 22.1. The third kappa shape index (κ3) is 73.0. The first-order chi connectivity index (χ1) is 13.9. The largest absolute Gasteiger partial charge is 0.477 e. The van der Waals surface area contributed by atoms with Gasteiger partial charge in [0.05, 0.1) is 13.2 Å². The molecule has 0 radical (unpaired) electrons. The summed E-state index contributed by atoms with van der Waals surface area (Å²) in [7, 11) is 0. The van der Waals surface area contributed by atoms with Crippen molar-refractivity contribution in [1.82, 2.24) is 0 Å². The fourth-order valence-corrected chi connectivity index (χ4v) is 0.982. The van der Waals surface area contributed by atoms with Crippen LogP contribution < -0.4 is 0 Å². The van der Waals surface area contributed by atoms with Crippen molar-refractivity contribution in [2.75, 3.05) is 13.2 Å². The molecule has 4 N–H and O–H groups in total. The summed E-state index contributed by atoms with van der Waals surface area (Å²) in [5, 5.41) is 32.7. The van der Waals surface area contributed by atoms with Crippen LogP contribution in [0, 0.1) is 6.07 Å². The van der Waals surface area contributed by atoms with Crippen LogP contribution in [-0.4, -0.2) is 64.2 Å². The first-order valence-corrected chi connectivity index (χ1v) is 10.3. The van der Waals surface area contributed by atoms with Crippen LogP contribution in [0.4, 0.5) is 0 Å². The number of aliphatic hydroxyl groups is 3. The summed E-state index contributed by atoms with van der Waals surface area (Å²) in [5.74, 6) is -1.06. The van der Waals surface area contributed by atoms with Crippen molar-refractivity contribution in [3.05, 3.63) is 36.4 Å². The average Bonchev–Trinajstić information content (AvgIpc) is 2.62. The van der Waals surface area contributed by atoms with E-state index in [9.17, 15) is 4.79 Å². The third-order valence-corrected chi connectivity index (χ3v) is 1.76. The number of ether oxygens (including phenoxy) is 2. The number of benzene rings is 1. The predicted molar refractivity (Wildman–Crippen MR) is 121 cm³/mol. The summed E-state index contributed by atoms with van der Waals surface area (Å²) < 4.78 is 9.87. The minimum atomic E-state index is -1.09. The molecule has 0 spiro atoms. The molecular weight excluding hydrogens is 436 g/mol. The predicted octanol–water partition coefficient (Wildman–Crippen LogP) is 3.90. The Morgan fingerprint density at radius 3 is 1.19 bits per heavy atom. The summed E-state index contributed by atoms with van der Waals surface area (Å²) in [5.41, 5.74) is 0. The maximum Gasteiger partial charge on any atom is 0.361 e. The number of carboxylic acids is 1. The zero-order chi connectivity index (χ0) is 24.4. The number of hydrogen-bond donors (Lipinski definition) is 4. The van der Waals surface area contributed by atoms with E-state index in [-0.39, 0.29) is 40.0 Å². The molecule has 1 aromatic carbocycles. The molecule has 0 aromatic heterocycles. The van der Waals surface area contributed by atoms with Crippen molar-refractivity contribution >= 4 is 5.97 Å². The summed E-state index contributed by atoms with van der Waals surface area (Å²) in [6.07, 6.45) is -0.0108. The van der Waals surface area contributed by atoms with E-state index >= 15 is 0 Å². The Labute approximate surface area is 204 Å². The Bertz CT molecular complexity index is 358. The molecule has 0 heterocycles. The number of aliphatic carboxylic acids is 1. The number of hydrogen-bond acceptors (Lipinski definition) is 6. The topological polar surface area (TPSA) is 116 Å². The van der Waals surface area contributed by atoms with Gasteiger partial charge in [0.25, 0.3) is 6.29 Å². The van der Waals surface area contributed by atoms with Crippen molar-refractivity contribution in [2.24, 2.45) is 0 Å². The number of rotatable bonds is 7. The molecule has 7 nitrogen and oxygen atoms in total. The van der Waals surface area contributed by atoms with Gasteiger partial charge in [0.2, 0.25) is 0 Å². The van der Waals surface area contributed by atoms with E-state index < -0.39 is 12.3 Å². The van der Waals surface area contributed by atoms with E-state index in [1.165, 1.54) is 0 Å². The van der Waals surface area contributed by atoms with Crippen LogP contribution in [-0.2, 0) is 36.0 Å². The zero-order valence-electron chi connectivity index (χ0n) is 20.5. The van der Waals surface area contributed by atoms with Crippen LogP contribution in [0.1, 0.15) is 68.2 Å². The average molecular weight is 481 g/mol. The molecule has 0 unspecified atom stereocenters. The maximum atomic E-state index is 10.5. The quantitative estimate of drug-likeness (QED) is 0.265. The summed E-state index contributed by atoms with van der Waals surface area (Å²) >= 11 is 0. The van der Waals surface area contributed by atoms with Crippen molar-refractivity contribution < 1.29 is 56.4 Å². The molecule has 0 aliphatic heterocycles. The van der Waals surface area contributed by atoms with Gasteiger partial charge in [-0.1, -0.05) is 13.8 Å². The molecule has 0 aliphatic carbocycles. The van der Waals surface area contributed by atoms with Gasteiger partial charge >= 0.3 is 5.97 Å². The van der Waals surface area contributed by atoms with E-state index in [4.69, 9.17) is 29.9 Å². The number of aliphatic hydroxyl groups excluding tert-OH is 3. The normalized spacial score (nSPS) is 9.13. The van der Waals surface area contributed by atoms with Crippen LogP contribution in [0.5, 0.6) is 0 Å². The summed E-state index contributed by atoms with van der Waals surface area (Å²) in [6, 6.07) is 12.5. The molecule has 31 heavy (non-hydrogen) atoms. The van der Waals surface area contributed by atoms with E-state index in [1.54, 1.807) is 41.5 Å². The fourth-order valence-electron chi connectivity index (χ4n) is 0.982. The van der Waals surface area contributed by atoms with Gasteiger partial charge < -0.3 is 29.9 Å². The van der Waals surface area contributed by atoms with E-state index in [2.05, 4.69) is 6.07 Å².